The van der Waals surface area contributed by atoms with Gasteiger partial charge in [-0.25, -0.2) is 0 Å². The fourth-order valence-electron chi connectivity index (χ4n) is 2.12. The highest BCUT2D eigenvalue weighted by Gasteiger charge is 2.29. The first-order valence-electron chi connectivity index (χ1n) is 5.21. The smallest absolute Gasteiger partial charge is 0.0559 e. The second kappa shape index (κ2) is 5.02. The molecular formula is C11H20ClN. The van der Waals surface area contributed by atoms with Crippen LogP contribution in [0, 0.1) is 5.92 Å². The number of halogens is 1. The molecule has 0 aromatic carbocycles. The Morgan fingerprint density at radius 3 is 2.69 bits per heavy atom. The van der Waals surface area contributed by atoms with E-state index in [1.807, 2.05) is 0 Å². The first-order valence-corrected chi connectivity index (χ1v) is 5.65. The summed E-state index contributed by atoms with van der Waals surface area (Å²) in [6, 6.07) is 0.641. The van der Waals surface area contributed by atoms with Crippen LogP contribution in [0.3, 0.4) is 0 Å². The Kier molecular flexibility index (Phi) is 4.27. The summed E-state index contributed by atoms with van der Waals surface area (Å²) >= 11 is 6.27. The minimum atomic E-state index is 0.234. The van der Waals surface area contributed by atoms with E-state index in [2.05, 4.69) is 37.9 Å². The Morgan fingerprint density at radius 1 is 1.46 bits per heavy atom. The van der Waals surface area contributed by atoms with Crippen LogP contribution in [0.1, 0.15) is 26.7 Å². The Bertz CT molecular complexity index is 179. The van der Waals surface area contributed by atoms with Crippen LogP contribution >= 0.6 is 11.6 Å². The fourth-order valence-corrected chi connectivity index (χ4v) is 2.57. The maximum absolute atomic E-state index is 6.27. The van der Waals surface area contributed by atoms with Gasteiger partial charge in [-0.2, -0.15) is 0 Å². The van der Waals surface area contributed by atoms with E-state index in [9.17, 15) is 0 Å². The van der Waals surface area contributed by atoms with Crippen molar-refractivity contribution in [2.45, 2.75) is 38.1 Å². The normalized spacial score (nSPS) is 34.1. The van der Waals surface area contributed by atoms with Crippen LogP contribution in [0.2, 0.25) is 0 Å². The van der Waals surface area contributed by atoms with Gasteiger partial charge in [0.1, 0.15) is 0 Å². The van der Waals surface area contributed by atoms with Gasteiger partial charge in [0, 0.05) is 6.04 Å². The standard InChI is InChI=1S/C11H20ClN/c1-4-9-10(12)7-6-8-11(9)13(3)5-2/h6-7,9-11H,4-5,8H2,1-3H3. The van der Waals surface area contributed by atoms with Crippen LogP contribution in [0.15, 0.2) is 12.2 Å². The molecule has 1 aliphatic carbocycles. The van der Waals surface area contributed by atoms with E-state index in [1.54, 1.807) is 0 Å². The summed E-state index contributed by atoms with van der Waals surface area (Å²) in [5.41, 5.74) is 0. The van der Waals surface area contributed by atoms with Gasteiger partial charge in [0.05, 0.1) is 5.38 Å². The Hall–Kier alpha value is -0.0100. The quantitative estimate of drug-likeness (QED) is 0.502. The number of hydrogen-bond acceptors (Lipinski definition) is 1. The van der Waals surface area contributed by atoms with E-state index in [-0.39, 0.29) is 5.38 Å². The molecule has 0 aromatic rings. The van der Waals surface area contributed by atoms with Crippen molar-refractivity contribution in [3.05, 3.63) is 12.2 Å². The molecule has 76 valence electrons. The highest BCUT2D eigenvalue weighted by Crippen LogP contribution is 2.29. The molecule has 3 atom stereocenters. The summed E-state index contributed by atoms with van der Waals surface area (Å²) in [6.07, 6.45) is 6.70. The summed E-state index contributed by atoms with van der Waals surface area (Å²) in [7, 11) is 2.19. The summed E-state index contributed by atoms with van der Waals surface area (Å²) in [5.74, 6) is 0.622. The van der Waals surface area contributed by atoms with Crippen molar-refractivity contribution in [3.8, 4) is 0 Å². The minimum absolute atomic E-state index is 0.234. The third-order valence-corrected chi connectivity index (χ3v) is 3.61. The molecule has 3 unspecified atom stereocenters. The van der Waals surface area contributed by atoms with Crippen LogP contribution in [0.25, 0.3) is 0 Å². The van der Waals surface area contributed by atoms with E-state index >= 15 is 0 Å². The van der Waals surface area contributed by atoms with Gasteiger partial charge in [0.15, 0.2) is 0 Å². The first-order chi connectivity index (χ1) is 6.20. The molecule has 0 fully saturated rings. The average Bonchev–Trinajstić information content (AvgIpc) is 2.16. The molecule has 0 amide bonds. The van der Waals surface area contributed by atoms with Gasteiger partial charge in [-0.05, 0) is 25.9 Å². The topological polar surface area (TPSA) is 3.24 Å². The number of allylic oxidation sites excluding steroid dienone is 1. The molecule has 0 saturated carbocycles. The highest BCUT2D eigenvalue weighted by atomic mass is 35.5. The molecule has 0 saturated heterocycles. The predicted octanol–water partition coefficient (Wildman–Crippen LogP) is 2.90. The van der Waals surface area contributed by atoms with Crippen molar-refractivity contribution >= 4 is 11.6 Å². The van der Waals surface area contributed by atoms with E-state index in [1.165, 1.54) is 6.42 Å². The van der Waals surface area contributed by atoms with Gasteiger partial charge in [0.2, 0.25) is 0 Å². The predicted molar refractivity (Wildman–Crippen MR) is 59.3 cm³/mol. The van der Waals surface area contributed by atoms with Gasteiger partial charge >= 0.3 is 0 Å². The van der Waals surface area contributed by atoms with Crippen molar-refractivity contribution in [1.82, 2.24) is 4.90 Å². The van der Waals surface area contributed by atoms with Crippen molar-refractivity contribution in [2.24, 2.45) is 5.92 Å². The lowest BCUT2D eigenvalue weighted by molar-refractivity contribution is 0.176. The largest absolute Gasteiger partial charge is 0.303 e. The van der Waals surface area contributed by atoms with Gasteiger partial charge in [-0.1, -0.05) is 32.4 Å². The molecule has 0 heterocycles. The minimum Gasteiger partial charge on any atom is -0.303 e. The molecule has 0 bridgehead atoms. The average molecular weight is 202 g/mol. The molecular weight excluding hydrogens is 182 g/mol. The van der Waals surface area contributed by atoms with E-state index < -0.39 is 0 Å². The third kappa shape index (κ3) is 2.47. The molecule has 0 aliphatic heterocycles. The maximum atomic E-state index is 6.27. The van der Waals surface area contributed by atoms with Crippen LogP contribution in [0.5, 0.6) is 0 Å². The lowest BCUT2D eigenvalue weighted by atomic mass is 9.86. The molecule has 1 aliphatic rings. The zero-order valence-electron chi connectivity index (χ0n) is 8.83. The van der Waals surface area contributed by atoms with Gasteiger partial charge in [-0.15, -0.1) is 11.6 Å². The number of rotatable bonds is 3. The van der Waals surface area contributed by atoms with Crippen molar-refractivity contribution < 1.29 is 0 Å². The van der Waals surface area contributed by atoms with Gasteiger partial charge < -0.3 is 4.90 Å². The maximum Gasteiger partial charge on any atom is 0.0559 e. The first kappa shape index (κ1) is 11.1. The monoisotopic (exact) mass is 201 g/mol. The summed E-state index contributed by atoms with van der Waals surface area (Å²) in [4.78, 5) is 2.41. The molecule has 0 aromatic heterocycles. The lowest BCUT2D eigenvalue weighted by Gasteiger charge is -2.37. The highest BCUT2D eigenvalue weighted by molar-refractivity contribution is 6.22. The summed E-state index contributed by atoms with van der Waals surface area (Å²) in [5, 5.41) is 0.234. The van der Waals surface area contributed by atoms with Crippen molar-refractivity contribution in [1.29, 1.82) is 0 Å². The lowest BCUT2D eigenvalue weighted by Crippen LogP contribution is -2.42. The zero-order chi connectivity index (χ0) is 9.84. The van der Waals surface area contributed by atoms with Crippen LogP contribution < -0.4 is 0 Å². The summed E-state index contributed by atoms with van der Waals surface area (Å²) in [6.45, 7) is 5.54. The summed E-state index contributed by atoms with van der Waals surface area (Å²) < 4.78 is 0. The molecule has 0 N–H and O–H groups in total. The number of alkyl halides is 1. The van der Waals surface area contributed by atoms with Crippen molar-refractivity contribution in [3.63, 3.8) is 0 Å². The molecule has 1 rings (SSSR count). The van der Waals surface area contributed by atoms with E-state index in [0.717, 1.165) is 13.0 Å². The molecule has 0 spiro atoms. The number of nitrogens with zero attached hydrogens (tertiary/aromatic N) is 1. The van der Waals surface area contributed by atoms with Crippen LogP contribution in [0.4, 0.5) is 0 Å². The van der Waals surface area contributed by atoms with E-state index in [0.29, 0.717) is 12.0 Å². The van der Waals surface area contributed by atoms with Gasteiger partial charge in [-0.3, -0.25) is 0 Å². The molecule has 1 nitrogen and oxygen atoms in total. The second-order valence-corrected chi connectivity index (χ2v) is 4.32. The van der Waals surface area contributed by atoms with E-state index in [4.69, 9.17) is 11.6 Å². The molecule has 2 heteroatoms. The zero-order valence-corrected chi connectivity index (χ0v) is 9.59. The molecule has 0 radical (unpaired) electrons. The molecule has 13 heavy (non-hydrogen) atoms. The second-order valence-electron chi connectivity index (χ2n) is 3.82. The van der Waals surface area contributed by atoms with Crippen molar-refractivity contribution in [2.75, 3.05) is 13.6 Å². The third-order valence-electron chi connectivity index (χ3n) is 3.14. The Labute approximate surface area is 86.8 Å². The fraction of sp³-hybridized carbons (Fsp3) is 0.818. The SMILES string of the molecule is CCC1C(Cl)C=CCC1N(C)CC. The Morgan fingerprint density at radius 2 is 2.15 bits per heavy atom. The Balaban J connectivity index is 2.67. The van der Waals surface area contributed by atoms with Crippen LogP contribution in [-0.2, 0) is 0 Å². The van der Waals surface area contributed by atoms with Crippen LogP contribution in [-0.4, -0.2) is 29.9 Å². The number of hydrogen-bond donors (Lipinski definition) is 0. The van der Waals surface area contributed by atoms with Gasteiger partial charge in [0.25, 0.3) is 0 Å².